The third-order valence-electron chi connectivity index (χ3n) is 3.97. The molecule has 1 atom stereocenters. The van der Waals surface area contributed by atoms with Crippen LogP contribution in [0.2, 0.25) is 5.02 Å². The van der Waals surface area contributed by atoms with Crippen molar-refractivity contribution >= 4 is 11.6 Å². The molecular weight excluding hydrogens is 242 g/mol. The molecule has 0 heterocycles. The van der Waals surface area contributed by atoms with Crippen molar-refractivity contribution in [2.45, 2.75) is 64.0 Å². The average Bonchev–Trinajstić information content (AvgIpc) is 2.30. The van der Waals surface area contributed by atoms with Gasteiger partial charge in [0.25, 0.3) is 0 Å². The Kier molecular flexibility index (Phi) is 5.08. The van der Waals surface area contributed by atoms with Gasteiger partial charge in [0.15, 0.2) is 0 Å². The number of rotatable bonds is 6. The Morgan fingerprint density at radius 2 is 2.17 bits per heavy atom. The van der Waals surface area contributed by atoms with Crippen molar-refractivity contribution in [3.05, 3.63) is 34.9 Å². The molecule has 0 saturated heterocycles. The standard InChI is InChI=1S/C16H24ClN/c1-3-4-6-12(2)18-16-10-14(11-16)13-7-5-8-15(17)9-13/h5,7-9,12,14,16,18H,3-4,6,10-11H2,1-2H3. The zero-order valence-electron chi connectivity index (χ0n) is 11.5. The second-order valence-corrected chi connectivity index (χ2v) is 6.07. The summed E-state index contributed by atoms with van der Waals surface area (Å²) in [6, 6.07) is 9.70. The fraction of sp³-hybridized carbons (Fsp3) is 0.625. The van der Waals surface area contributed by atoms with Gasteiger partial charge in [0, 0.05) is 17.1 Å². The van der Waals surface area contributed by atoms with Crippen molar-refractivity contribution in [2.75, 3.05) is 0 Å². The molecule has 1 aromatic rings. The predicted octanol–water partition coefficient (Wildman–Crippen LogP) is 4.75. The van der Waals surface area contributed by atoms with Gasteiger partial charge in [0.2, 0.25) is 0 Å². The first-order valence-electron chi connectivity index (χ1n) is 7.20. The maximum Gasteiger partial charge on any atom is 0.0408 e. The number of hydrogen-bond donors (Lipinski definition) is 1. The lowest BCUT2D eigenvalue weighted by Crippen LogP contribution is -2.44. The Labute approximate surface area is 116 Å². The van der Waals surface area contributed by atoms with Crippen molar-refractivity contribution < 1.29 is 0 Å². The second kappa shape index (κ2) is 6.58. The minimum Gasteiger partial charge on any atom is -0.311 e. The predicted molar refractivity (Wildman–Crippen MR) is 79.3 cm³/mol. The molecule has 2 rings (SSSR count). The smallest absolute Gasteiger partial charge is 0.0408 e. The van der Waals surface area contributed by atoms with Crippen molar-refractivity contribution in [3.63, 3.8) is 0 Å². The Balaban J connectivity index is 1.73. The van der Waals surface area contributed by atoms with E-state index in [1.807, 2.05) is 6.07 Å². The van der Waals surface area contributed by atoms with Crippen LogP contribution < -0.4 is 5.32 Å². The van der Waals surface area contributed by atoms with Crippen LogP contribution in [0.3, 0.4) is 0 Å². The molecule has 0 aromatic heterocycles. The first-order chi connectivity index (χ1) is 8.69. The van der Waals surface area contributed by atoms with Crippen LogP contribution in [0.5, 0.6) is 0 Å². The molecule has 1 fully saturated rings. The third-order valence-corrected chi connectivity index (χ3v) is 4.20. The summed E-state index contributed by atoms with van der Waals surface area (Å²) in [7, 11) is 0. The molecule has 0 spiro atoms. The summed E-state index contributed by atoms with van der Waals surface area (Å²) in [5.41, 5.74) is 1.40. The highest BCUT2D eigenvalue weighted by Crippen LogP contribution is 2.37. The van der Waals surface area contributed by atoms with Crippen LogP contribution in [0.25, 0.3) is 0 Å². The molecule has 0 amide bonds. The quantitative estimate of drug-likeness (QED) is 0.782. The molecule has 1 saturated carbocycles. The van der Waals surface area contributed by atoms with E-state index >= 15 is 0 Å². The Morgan fingerprint density at radius 1 is 1.39 bits per heavy atom. The van der Waals surface area contributed by atoms with Gasteiger partial charge in [-0.05, 0) is 49.8 Å². The van der Waals surface area contributed by atoms with E-state index < -0.39 is 0 Å². The van der Waals surface area contributed by atoms with Crippen molar-refractivity contribution in [2.24, 2.45) is 0 Å². The highest BCUT2D eigenvalue weighted by Gasteiger charge is 2.30. The minimum absolute atomic E-state index is 0.662. The molecule has 1 unspecified atom stereocenters. The maximum absolute atomic E-state index is 6.03. The van der Waals surface area contributed by atoms with Crippen molar-refractivity contribution in [1.29, 1.82) is 0 Å². The van der Waals surface area contributed by atoms with Crippen LogP contribution in [-0.2, 0) is 0 Å². The molecule has 1 N–H and O–H groups in total. The SMILES string of the molecule is CCCCC(C)NC1CC(c2cccc(Cl)c2)C1. The lowest BCUT2D eigenvalue weighted by Gasteiger charge is -2.38. The summed E-state index contributed by atoms with van der Waals surface area (Å²) >= 11 is 6.03. The van der Waals surface area contributed by atoms with Gasteiger partial charge >= 0.3 is 0 Å². The van der Waals surface area contributed by atoms with Crippen LogP contribution >= 0.6 is 11.6 Å². The summed E-state index contributed by atoms with van der Waals surface area (Å²) in [5.74, 6) is 0.708. The second-order valence-electron chi connectivity index (χ2n) is 5.63. The number of nitrogens with one attached hydrogen (secondary N) is 1. The van der Waals surface area contributed by atoms with Gasteiger partial charge in [0.1, 0.15) is 0 Å². The van der Waals surface area contributed by atoms with Gasteiger partial charge in [-0.3, -0.25) is 0 Å². The van der Waals surface area contributed by atoms with E-state index in [4.69, 9.17) is 11.6 Å². The zero-order valence-corrected chi connectivity index (χ0v) is 12.2. The topological polar surface area (TPSA) is 12.0 Å². The van der Waals surface area contributed by atoms with Gasteiger partial charge < -0.3 is 5.32 Å². The van der Waals surface area contributed by atoms with Crippen LogP contribution in [-0.4, -0.2) is 12.1 Å². The molecule has 0 bridgehead atoms. The van der Waals surface area contributed by atoms with E-state index in [1.165, 1.54) is 37.7 Å². The van der Waals surface area contributed by atoms with E-state index in [-0.39, 0.29) is 0 Å². The van der Waals surface area contributed by atoms with E-state index in [0.29, 0.717) is 18.0 Å². The molecule has 100 valence electrons. The van der Waals surface area contributed by atoms with E-state index in [2.05, 4.69) is 37.4 Å². The average molecular weight is 266 g/mol. The van der Waals surface area contributed by atoms with Crippen molar-refractivity contribution in [3.8, 4) is 0 Å². The molecule has 1 nitrogen and oxygen atoms in total. The van der Waals surface area contributed by atoms with E-state index in [9.17, 15) is 0 Å². The number of halogens is 1. The van der Waals surface area contributed by atoms with Gasteiger partial charge in [0.05, 0.1) is 0 Å². The van der Waals surface area contributed by atoms with Crippen LogP contribution in [0.1, 0.15) is 57.4 Å². The van der Waals surface area contributed by atoms with E-state index in [1.54, 1.807) is 0 Å². The monoisotopic (exact) mass is 265 g/mol. The fourth-order valence-corrected chi connectivity index (χ4v) is 2.98. The number of unbranched alkanes of at least 4 members (excludes halogenated alkanes) is 1. The van der Waals surface area contributed by atoms with Gasteiger partial charge in [-0.15, -0.1) is 0 Å². The molecule has 1 aliphatic carbocycles. The molecule has 1 aromatic carbocycles. The summed E-state index contributed by atoms with van der Waals surface area (Å²) in [6.07, 6.45) is 6.45. The first kappa shape index (κ1) is 13.9. The molecule has 0 aliphatic heterocycles. The summed E-state index contributed by atoms with van der Waals surface area (Å²) in [6.45, 7) is 4.56. The summed E-state index contributed by atoms with van der Waals surface area (Å²) < 4.78 is 0. The molecule has 18 heavy (non-hydrogen) atoms. The lowest BCUT2D eigenvalue weighted by molar-refractivity contribution is 0.263. The molecular formula is C16H24ClN. The Hall–Kier alpha value is -0.530. The van der Waals surface area contributed by atoms with Gasteiger partial charge in [-0.25, -0.2) is 0 Å². The minimum atomic E-state index is 0.662. The van der Waals surface area contributed by atoms with E-state index in [0.717, 1.165) is 5.02 Å². The summed E-state index contributed by atoms with van der Waals surface area (Å²) in [5, 5.41) is 4.59. The van der Waals surface area contributed by atoms with Crippen LogP contribution in [0.4, 0.5) is 0 Å². The Bertz CT molecular complexity index is 371. The first-order valence-corrected chi connectivity index (χ1v) is 7.58. The number of hydrogen-bond acceptors (Lipinski definition) is 1. The van der Waals surface area contributed by atoms with Crippen LogP contribution in [0, 0.1) is 0 Å². The fourth-order valence-electron chi connectivity index (χ4n) is 2.78. The highest BCUT2D eigenvalue weighted by molar-refractivity contribution is 6.30. The normalized spacial score (nSPS) is 24.6. The highest BCUT2D eigenvalue weighted by atomic mass is 35.5. The maximum atomic E-state index is 6.03. The summed E-state index contributed by atoms with van der Waals surface area (Å²) in [4.78, 5) is 0. The Morgan fingerprint density at radius 3 is 2.83 bits per heavy atom. The largest absolute Gasteiger partial charge is 0.311 e. The zero-order chi connectivity index (χ0) is 13.0. The lowest BCUT2D eigenvalue weighted by atomic mass is 9.75. The molecule has 1 aliphatic rings. The number of benzene rings is 1. The van der Waals surface area contributed by atoms with Gasteiger partial charge in [-0.2, -0.15) is 0 Å². The third kappa shape index (κ3) is 3.73. The molecule has 0 radical (unpaired) electrons. The van der Waals surface area contributed by atoms with Crippen molar-refractivity contribution in [1.82, 2.24) is 5.32 Å². The van der Waals surface area contributed by atoms with Crippen LogP contribution in [0.15, 0.2) is 24.3 Å². The molecule has 2 heteroatoms. The van der Waals surface area contributed by atoms with Gasteiger partial charge in [-0.1, -0.05) is 43.5 Å².